The van der Waals surface area contributed by atoms with E-state index >= 15 is 0 Å². The molecule has 2 amide bonds. The fourth-order valence-electron chi connectivity index (χ4n) is 3.28. The van der Waals surface area contributed by atoms with Gasteiger partial charge < -0.3 is 19.7 Å². The smallest absolute Gasteiger partial charge is 0.251 e. The number of nitrogens with zero attached hydrogens (tertiary/aromatic N) is 2. The first-order valence-electron chi connectivity index (χ1n) is 9.99. The molecule has 0 saturated carbocycles. The predicted octanol–water partition coefficient (Wildman–Crippen LogP) is 1.83. The maximum Gasteiger partial charge on any atom is 0.251 e. The van der Waals surface area contributed by atoms with Crippen LogP contribution in [0.2, 0.25) is 0 Å². The Morgan fingerprint density at radius 2 is 1.75 bits per heavy atom. The van der Waals surface area contributed by atoms with Crippen molar-refractivity contribution in [2.45, 2.75) is 33.8 Å². The quantitative estimate of drug-likeness (QED) is 0.651. The molecule has 1 aliphatic rings. The number of aryl methyl sites for hydroxylation is 2. The summed E-state index contributed by atoms with van der Waals surface area (Å²) in [7, 11) is 0. The normalized spacial score (nSPS) is 16.1. The van der Waals surface area contributed by atoms with Crippen LogP contribution in [-0.2, 0) is 19.1 Å². The van der Waals surface area contributed by atoms with Crippen molar-refractivity contribution in [1.29, 1.82) is 0 Å². The minimum absolute atomic E-state index is 0.00358. The summed E-state index contributed by atoms with van der Waals surface area (Å²) in [4.78, 5) is 28.8. The van der Waals surface area contributed by atoms with Crippen molar-refractivity contribution in [1.82, 2.24) is 9.80 Å². The Labute approximate surface area is 168 Å². The maximum absolute atomic E-state index is 12.5. The Bertz CT molecular complexity index is 637. The first-order chi connectivity index (χ1) is 13.4. The highest BCUT2D eigenvalue weighted by Crippen LogP contribution is 2.19. The van der Waals surface area contributed by atoms with E-state index in [0.717, 1.165) is 16.8 Å². The summed E-state index contributed by atoms with van der Waals surface area (Å²) in [6.45, 7) is 12.1. The molecular weight excluding hydrogens is 358 g/mol. The lowest BCUT2D eigenvalue weighted by Crippen LogP contribution is -2.52. The highest BCUT2D eigenvalue weighted by molar-refractivity contribution is 5.93. The van der Waals surface area contributed by atoms with Gasteiger partial charge in [0.15, 0.2) is 0 Å². The number of carbonyl (C=O) groups excluding carboxylic acids is 2. The third-order valence-electron chi connectivity index (χ3n) is 4.94. The summed E-state index contributed by atoms with van der Waals surface area (Å²) in [5.41, 5.74) is 3.00. The van der Waals surface area contributed by atoms with E-state index in [4.69, 9.17) is 9.47 Å². The molecule has 1 saturated heterocycles. The third-order valence-corrected chi connectivity index (χ3v) is 4.94. The summed E-state index contributed by atoms with van der Waals surface area (Å²) in [6.07, 6.45) is -0.473. The van der Waals surface area contributed by atoms with Crippen LogP contribution in [-0.4, -0.2) is 80.3 Å². The summed E-state index contributed by atoms with van der Waals surface area (Å²) in [5, 5.41) is 3.02. The van der Waals surface area contributed by atoms with Crippen molar-refractivity contribution in [2.75, 3.05) is 57.9 Å². The lowest BCUT2D eigenvalue weighted by molar-refractivity contribution is -0.145. The van der Waals surface area contributed by atoms with Gasteiger partial charge in [0.05, 0.1) is 19.8 Å². The summed E-state index contributed by atoms with van der Waals surface area (Å²) >= 11 is 0. The van der Waals surface area contributed by atoms with Gasteiger partial charge in [-0.3, -0.25) is 14.5 Å². The number of rotatable bonds is 9. The average molecular weight is 392 g/mol. The molecule has 1 aromatic rings. The monoisotopic (exact) mass is 391 g/mol. The van der Waals surface area contributed by atoms with Crippen molar-refractivity contribution in [3.8, 4) is 0 Å². The second-order valence-electron chi connectivity index (χ2n) is 7.13. The number of nitrogens with one attached hydrogen (secondary N) is 1. The fourth-order valence-corrected chi connectivity index (χ4v) is 3.28. The van der Waals surface area contributed by atoms with Gasteiger partial charge in [0.1, 0.15) is 6.10 Å². The number of benzene rings is 1. The molecular formula is C21H33N3O4. The first kappa shape index (κ1) is 22.3. The van der Waals surface area contributed by atoms with Crippen LogP contribution in [0.3, 0.4) is 0 Å². The predicted molar refractivity (Wildman–Crippen MR) is 109 cm³/mol. The first-order valence-corrected chi connectivity index (χ1v) is 9.99. The molecule has 1 fully saturated rings. The van der Waals surface area contributed by atoms with E-state index in [1.807, 2.05) is 43.9 Å². The van der Waals surface area contributed by atoms with Crippen LogP contribution in [0.1, 0.15) is 25.0 Å². The van der Waals surface area contributed by atoms with Crippen LogP contribution < -0.4 is 5.32 Å². The lowest BCUT2D eigenvalue weighted by atomic mass is 10.1. The molecule has 28 heavy (non-hydrogen) atoms. The molecule has 1 N–H and O–H groups in total. The van der Waals surface area contributed by atoms with Crippen LogP contribution in [0.4, 0.5) is 5.69 Å². The van der Waals surface area contributed by atoms with E-state index < -0.39 is 6.10 Å². The van der Waals surface area contributed by atoms with Crippen LogP contribution >= 0.6 is 0 Å². The second kappa shape index (κ2) is 11.1. The summed E-state index contributed by atoms with van der Waals surface area (Å²) in [6, 6.07) is 5.97. The summed E-state index contributed by atoms with van der Waals surface area (Å²) in [5.74, 6) is -0.0269. The van der Waals surface area contributed by atoms with Crippen molar-refractivity contribution in [3.63, 3.8) is 0 Å². The van der Waals surface area contributed by atoms with Gasteiger partial charge in [0.2, 0.25) is 5.91 Å². The number of hydrogen-bond donors (Lipinski definition) is 1. The lowest BCUT2D eigenvalue weighted by Gasteiger charge is -2.35. The van der Waals surface area contributed by atoms with Gasteiger partial charge in [-0.1, -0.05) is 18.2 Å². The average Bonchev–Trinajstić information content (AvgIpc) is 2.68. The molecule has 0 aliphatic carbocycles. The van der Waals surface area contributed by atoms with Gasteiger partial charge in [0, 0.05) is 38.5 Å². The topological polar surface area (TPSA) is 71.1 Å². The van der Waals surface area contributed by atoms with Crippen LogP contribution in [0.25, 0.3) is 0 Å². The Hall–Kier alpha value is -1.96. The molecule has 7 heteroatoms. The number of anilines is 1. The van der Waals surface area contributed by atoms with E-state index in [9.17, 15) is 9.59 Å². The number of carbonyl (C=O) groups is 2. The Kier molecular flexibility index (Phi) is 8.89. The van der Waals surface area contributed by atoms with Gasteiger partial charge in [-0.2, -0.15) is 0 Å². The molecule has 1 heterocycles. The standard InChI is InChI=1S/C21H33N3O4/c1-5-27-13-14-28-18(4)21(26)24-11-9-23(10-12-24)15-19(25)22-20-16(2)7-6-8-17(20)3/h6-8,18H,5,9-15H2,1-4H3,(H,22,25). The Balaban J connectivity index is 1.74. The molecule has 7 nitrogen and oxygen atoms in total. The highest BCUT2D eigenvalue weighted by Gasteiger charge is 2.26. The molecule has 1 atom stereocenters. The minimum Gasteiger partial charge on any atom is -0.379 e. The van der Waals surface area contributed by atoms with E-state index in [1.165, 1.54) is 0 Å². The zero-order valence-electron chi connectivity index (χ0n) is 17.5. The Morgan fingerprint density at radius 3 is 2.36 bits per heavy atom. The number of para-hydroxylation sites is 1. The zero-order valence-corrected chi connectivity index (χ0v) is 17.5. The molecule has 1 aromatic carbocycles. The van der Waals surface area contributed by atoms with Crippen molar-refractivity contribution < 1.29 is 19.1 Å². The van der Waals surface area contributed by atoms with Crippen LogP contribution in [0.15, 0.2) is 18.2 Å². The van der Waals surface area contributed by atoms with Gasteiger partial charge in [0.25, 0.3) is 5.91 Å². The molecule has 0 spiro atoms. The van der Waals surface area contributed by atoms with Gasteiger partial charge >= 0.3 is 0 Å². The molecule has 156 valence electrons. The SMILES string of the molecule is CCOCCOC(C)C(=O)N1CCN(CC(=O)Nc2c(C)cccc2C)CC1. The number of ether oxygens (including phenoxy) is 2. The molecule has 0 aromatic heterocycles. The second-order valence-corrected chi connectivity index (χ2v) is 7.13. The van der Waals surface area contributed by atoms with E-state index in [0.29, 0.717) is 52.5 Å². The highest BCUT2D eigenvalue weighted by atomic mass is 16.5. The molecule has 1 aliphatic heterocycles. The van der Waals surface area contributed by atoms with Gasteiger partial charge in [-0.15, -0.1) is 0 Å². The molecule has 1 unspecified atom stereocenters. The molecule has 0 bridgehead atoms. The zero-order chi connectivity index (χ0) is 20.5. The van der Waals surface area contributed by atoms with E-state index in [-0.39, 0.29) is 11.8 Å². The van der Waals surface area contributed by atoms with Gasteiger partial charge in [-0.25, -0.2) is 0 Å². The van der Waals surface area contributed by atoms with Crippen LogP contribution in [0.5, 0.6) is 0 Å². The van der Waals surface area contributed by atoms with Crippen molar-refractivity contribution in [2.24, 2.45) is 0 Å². The van der Waals surface area contributed by atoms with Crippen molar-refractivity contribution >= 4 is 17.5 Å². The van der Waals surface area contributed by atoms with Crippen molar-refractivity contribution in [3.05, 3.63) is 29.3 Å². The summed E-state index contributed by atoms with van der Waals surface area (Å²) < 4.78 is 10.8. The molecule has 2 rings (SSSR count). The number of hydrogen-bond acceptors (Lipinski definition) is 5. The maximum atomic E-state index is 12.5. The van der Waals surface area contributed by atoms with E-state index in [1.54, 1.807) is 6.92 Å². The largest absolute Gasteiger partial charge is 0.379 e. The Morgan fingerprint density at radius 1 is 1.11 bits per heavy atom. The number of amides is 2. The van der Waals surface area contributed by atoms with E-state index in [2.05, 4.69) is 10.2 Å². The number of piperazine rings is 1. The fraction of sp³-hybridized carbons (Fsp3) is 0.619. The van der Waals surface area contributed by atoms with Crippen LogP contribution in [0, 0.1) is 13.8 Å². The third kappa shape index (κ3) is 6.58. The van der Waals surface area contributed by atoms with Gasteiger partial charge in [-0.05, 0) is 38.8 Å². The molecule has 0 radical (unpaired) electrons. The minimum atomic E-state index is -0.473.